The number of benzene rings is 1. The normalized spacial score (nSPS) is 12.0. The maximum absolute atomic E-state index is 12.2. The van der Waals surface area contributed by atoms with Crippen LogP contribution in [0, 0.1) is 5.92 Å². The minimum atomic E-state index is -0.0474. The number of hydrogen-bond donors (Lipinski definition) is 1. The van der Waals surface area contributed by atoms with Crippen molar-refractivity contribution in [1.82, 2.24) is 5.32 Å². The highest BCUT2D eigenvalue weighted by atomic mass is 17.2. The van der Waals surface area contributed by atoms with Crippen molar-refractivity contribution in [3.8, 4) is 0 Å². The number of nitrogens with zero attached hydrogens (tertiary/aromatic N) is 1. The number of carbonyl (C=O) groups is 1. The fourth-order valence-electron chi connectivity index (χ4n) is 2.88. The van der Waals surface area contributed by atoms with E-state index in [-0.39, 0.29) is 11.8 Å². The zero-order chi connectivity index (χ0) is 20.6. The Labute approximate surface area is 169 Å². The van der Waals surface area contributed by atoms with Gasteiger partial charge in [0.15, 0.2) is 0 Å². The Balaban J connectivity index is 2.56. The summed E-state index contributed by atoms with van der Waals surface area (Å²) in [6.07, 6.45) is 4.07. The number of amides is 1. The third-order valence-electron chi connectivity index (χ3n) is 4.50. The molecule has 1 aromatic carbocycles. The monoisotopic (exact) mass is 396 g/mol. The minimum absolute atomic E-state index is 0.0474. The highest BCUT2D eigenvalue weighted by Gasteiger charge is 2.14. The number of unbranched alkanes of at least 4 members (excludes halogenated alkanes) is 2. The molecule has 160 valence electrons. The molecule has 0 saturated heterocycles. The maximum atomic E-state index is 12.2. The minimum Gasteiger partial charge on any atom is -0.367 e. The van der Waals surface area contributed by atoms with E-state index in [1.807, 2.05) is 6.92 Å². The van der Waals surface area contributed by atoms with Crippen LogP contribution in [0.3, 0.4) is 0 Å². The molecule has 1 atom stereocenters. The Morgan fingerprint density at radius 1 is 1.04 bits per heavy atom. The van der Waals surface area contributed by atoms with E-state index in [1.165, 1.54) is 14.2 Å². The third-order valence-corrected chi connectivity index (χ3v) is 4.50. The van der Waals surface area contributed by atoms with Gasteiger partial charge in [0.25, 0.3) is 0 Å². The molecule has 0 aromatic heterocycles. The summed E-state index contributed by atoms with van der Waals surface area (Å²) in [5, 5.41) is 3.03. The Hall–Kier alpha value is -1.67. The van der Waals surface area contributed by atoms with Gasteiger partial charge in [0.1, 0.15) is 0 Å². The Kier molecular flexibility index (Phi) is 13.3. The first-order chi connectivity index (χ1) is 13.6. The van der Waals surface area contributed by atoms with Crippen LogP contribution in [0.25, 0.3) is 0 Å². The van der Waals surface area contributed by atoms with Crippen LogP contribution in [-0.2, 0) is 30.8 Å². The fraction of sp³-hybridized carbons (Fsp3) is 0.667. The first-order valence-corrected chi connectivity index (χ1v) is 10.0. The highest BCUT2D eigenvalue weighted by molar-refractivity contribution is 5.78. The second kappa shape index (κ2) is 15.3. The van der Waals surface area contributed by atoms with Crippen LogP contribution in [0.4, 0.5) is 5.69 Å². The van der Waals surface area contributed by atoms with Crippen molar-refractivity contribution >= 4 is 11.6 Å². The lowest BCUT2D eigenvalue weighted by Gasteiger charge is -2.24. The molecular formula is C21H36N2O5. The van der Waals surface area contributed by atoms with Gasteiger partial charge < -0.3 is 10.2 Å². The van der Waals surface area contributed by atoms with Gasteiger partial charge >= 0.3 is 0 Å². The van der Waals surface area contributed by atoms with Crippen molar-refractivity contribution in [3.63, 3.8) is 0 Å². The predicted octanol–water partition coefficient (Wildman–Crippen LogP) is 3.13. The zero-order valence-corrected chi connectivity index (χ0v) is 17.7. The summed E-state index contributed by atoms with van der Waals surface area (Å²) in [5.41, 5.74) is 2.20. The standard InChI is InChI=1S/C21H36N2O5/c1-5-6-7-12-22-21(24)18(2)17-19-8-10-20(11-9-19)23(13-15-27-25-3)14-16-28-26-4/h8-11,18H,5-7,12-17H2,1-4H3,(H,22,24). The predicted molar refractivity (Wildman–Crippen MR) is 110 cm³/mol. The van der Waals surface area contributed by atoms with Gasteiger partial charge in [0.2, 0.25) is 5.91 Å². The number of carbonyl (C=O) groups excluding carboxylic acids is 1. The summed E-state index contributed by atoms with van der Waals surface area (Å²) in [7, 11) is 2.99. The van der Waals surface area contributed by atoms with E-state index >= 15 is 0 Å². The van der Waals surface area contributed by atoms with Crippen molar-refractivity contribution < 1.29 is 24.3 Å². The summed E-state index contributed by atoms with van der Waals surface area (Å²) in [6.45, 7) is 7.11. The molecule has 1 aromatic rings. The second-order valence-electron chi connectivity index (χ2n) is 6.73. The smallest absolute Gasteiger partial charge is 0.223 e. The van der Waals surface area contributed by atoms with Gasteiger partial charge in [-0.05, 0) is 30.5 Å². The molecule has 0 aliphatic heterocycles. The second-order valence-corrected chi connectivity index (χ2v) is 6.73. The van der Waals surface area contributed by atoms with Crippen molar-refractivity contribution in [2.75, 3.05) is 52.0 Å². The van der Waals surface area contributed by atoms with Crippen LogP contribution in [-0.4, -0.2) is 53.0 Å². The molecule has 0 heterocycles. The Morgan fingerprint density at radius 3 is 2.18 bits per heavy atom. The Bertz CT molecular complexity index is 514. The molecule has 0 aliphatic carbocycles. The average Bonchev–Trinajstić information content (AvgIpc) is 2.71. The molecule has 1 rings (SSSR count). The van der Waals surface area contributed by atoms with E-state index in [9.17, 15) is 4.79 Å². The number of hydrogen-bond acceptors (Lipinski definition) is 6. The quantitative estimate of drug-likeness (QED) is 0.263. The molecule has 1 unspecified atom stereocenters. The van der Waals surface area contributed by atoms with E-state index < -0.39 is 0 Å². The molecule has 0 aliphatic rings. The third kappa shape index (κ3) is 10.0. The van der Waals surface area contributed by atoms with E-state index in [1.54, 1.807) is 0 Å². The van der Waals surface area contributed by atoms with E-state index in [4.69, 9.17) is 9.78 Å². The summed E-state index contributed by atoms with van der Waals surface area (Å²) in [4.78, 5) is 33.6. The molecule has 0 radical (unpaired) electrons. The molecule has 28 heavy (non-hydrogen) atoms. The van der Waals surface area contributed by atoms with Crippen LogP contribution in [0.5, 0.6) is 0 Å². The summed E-state index contributed by atoms with van der Waals surface area (Å²) in [6, 6.07) is 8.25. The zero-order valence-electron chi connectivity index (χ0n) is 17.7. The van der Waals surface area contributed by atoms with Gasteiger partial charge in [-0.2, -0.15) is 0 Å². The first kappa shape index (κ1) is 24.4. The van der Waals surface area contributed by atoms with Crippen molar-refractivity contribution in [1.29, 1.82) is 0 Å². The molecule has 1 amide bonds. The van der Waals surface area contributed by atoms with Crippen LogP contribution in [0.2, 0.25) is 0 Å². The molecule has 0 saturated carbocycles. The van der Waals surface area contributed by atoms with Crippen LogP contribution in [0.15, 0.2) is 24.3 Å². The summed E-state index contributed by atoms with van der Waals surface area (Å²) in [5.74, 6) is 0.0732. The average molecular weight is 397 g/mol. The molecule has 7 heteroatoms. The lowest BCUT2D eigenvalue weighted by molar-refractivity contribution is -0.273. The molecule has 1 N–H and O–H groups in total. The Morgan fingerprint density at radius 2 is 1.64 bits per heavy atom. The van der Waals surface area contributed by atoms with Gasteiger partial charge in [-0.1, -0.05) is 38.8 Å². The SMILES string of the molecule is CCCCCNC(=O)C(C)Cc1ccc(N(CCOOC)CCOOC)cc1. The molecule has 0 spiro atoms. The van der Waals surface area contributed by atoms with Gasteiger partial charge in [-0.3, -0.25) is 4.79 Å². The highest BCUT2D eigenvalue weighted by Crippen LogP contribution is 2.17. The van der Waals surface area contributed by atoms with Gasteiger partial charge in [-0.25, -0.2) is 19.6 Å². The lowest BCUT2D eigenvalue weighted by Crippen LogP contribution is -2.31. The lowest BCUT2D eigenvalue weighted by atomic mass is 10.00. The van der Waals surface area contributed by atoms with E-state index in [0.29, 0.717) is 26.3 Å². The van der Waals surface area contributed by atoms with Crippen molar-refractivity contribution in [2.45, 2.75) is 39.5 Å². The molecule has 7 nitrogen and oxygen atoms in total. The number of nitrogens with one attached hydrogen (secondary N) is 1. The fourth-order valence-corrected chi connectivity index (χ4v) is 2.88. The van der Waals surface area contributed by atoms with Crippen LogP contribution < -0.4 is 10.2 Å². The number of rotatable bonds is 16. The largest absolute Gasteiger partial charge is 0.367 e. The first-order valence-electron chi connectivity index (χ1n) is 10.0. The summed E-state index contributed by atoms with van der Waals surface area (Å²) >= 11 is 0. The maximum Gasteiger partial charge on any atom is 0.223 e. The van der Waals surface area contributed by atoms with E-state index in [2.05, 4.69) is 51.2 Å². The molecule has 0 fully saturated rings. The van der Waals surface area contributed by atoms with Crippen LogP contribution >= 0.6 is 0 Å². The van der Waals surface area contributed by atoms with E-state index in [0.717, 1.165) is 43.5 Å². The van der Waals surface area contributed by atoms with Crippen molar-refractivity contribution in [3.05, 3.63) is 29.8 Å². The van der Waals surface area contributed by atoms with Crippen molar-refractivity contribution in [2.24, 2.45) is 5.92 Å². The topological polar surface area (TPSA) is 69.3 Å². The number of anilines is 1. The summed E-state index contributed by atoms with van der Waals surface area (Å²) < 4.78 is 0. The molecular weight excluding hydrogens is 360 g/mol. The van der Waals surface area contributed by atoms with Gasteiger partial charge in [0, 0.05) is 31.2 Å². The van der Waals surface area contributed by atoms with Gasteiger partial charge in [-0.15, -0.1) is 0 Å². The van der Waals surface area contributed by atoms with Gasteiger partial charge in [0.05, 0.1) is 27.4 Å². The van der Waals surface area contributed by atoms with Crippen LogP contribution in [0.1, 0.15) is 38.7 Å². The molecule has 0 bridgehead atoms.